The summed E-state index contributed by atoms with van der Waals surface area (Å²) < 4.78 is 11.2. The topological polar surface area (TPSA) is 60.5 Å². The van der Waals surface area contributed by atoms with Crippen LogP contribution in [0.4, 0.5) is 0 Å². The highest BCUT2D eigenvalue weighted by molar-refractivity contribution is 5.80. The van der Waals surface area contributed by atoms with Gasteiger partial charge >= 0.3 is 0 Å². The average molecular weight is 326 g/mol. The molecular formula is C19H22N2O3. The van der Waals surface area contributed by atoms with Crippen molar-refractivity contribution in [1.29, 1.82) is 0 Å². The van der Waals surface area contributed by atoms with Crippen molar-refractivity contribution in [3.8, 4) is 11.6 Å². The van der Waals surface area contributed by atoms with Crippen LogP contribution in [0.5, 0.6) is 11.6 Å². The third-order valence-corrected chi connectivity index (χ3v) is 3.88. The van der Waals surface area contributed by atoms with Crippen molar-refractivity contribution < 1.29 is 14.3 Å². The SMILES string of the molecule is C[C@H](OCC1CC1)C(=O)NCc1ccc(Oc2ccccc2)nc1. The molecule has 2 aromatic rings. The number of pyridine rings is 1. The van der Waals surface area contributed by atoms with Gasteiger partial charge in [-0.3, -0.25) is 4.79 Å². The molecule has 1 aliphatic carbocycles. The second-order valence-electron chi connectivity index (χ2n) is 6.06. The Morgan fingerprint density at radius 1 is 1.25 bits per heavy atom. The van der Waals surface area contributed by atoms with Gasteiger partial charge in [0.2, 0.25) is 11.8 Å². The lowest BCUT2D eigenvalue weighted by atomic mass is 10.2. The lowest BCUT2D eigenvalue weighted by molar-refractivity contribution is -0.132. The first-order chi connectivity index (χ1) is 11.7. The number of nitrogens with zero attached hydrogens (tertiary/aromatic N) is 1. The van der Waals surface area contributed by atoms with Crippen LogP contribution in [-0.2, 0) is 16.1 Å². The summed E-state index contributed by atoms with van der Waals surface area (Å²) in [6.45, 7) is 2.89. The lowest BCUT2D eigenvalue weighted by Gasteiger charge is -2.13. The molecule has 24 heavy (non-hydrogen) atoms. The molecule has 0 spiro atoms. The molecule has 1 N–H and O–H groups in total. The number of ether oxygens (including phenoxy) is 2. The number of nitrogens with one attached hydrogen (secondary N) is 1. The van der Waals surface area contributed by atoms with Gasteiger partial charge in [-0.1, -0.05) is 24.3 Å². The van der Waals surface area contributed by atoms with Gasteiger partial charge in [-0.25, -0.2) is 4.98 Å². The van der Waals surface area contributed by atoms with Crippen LogP contribution in [0.1, 0.15) is 25.3 Å². The summed E-state index contributed by atoms with van der Waals surface area (Å²) in [5.41, 5.74) is 0.915. The Morgan fingerprint density at radius 2 is 2.04 bits per heavy atom. The number of carbonyl (C=O) groups is 1. The molecular weight excluding hydrogens is 304 g/mol. The van der Waals surface area contributed by atoms with Gasteiger partial charge in [0.1, 0.15) is 11.9 Å². The Labute approximate surface area is 142 Å². The Balaban J connectivity index is 1.44. The molecule has 0 bridgehead atoms. The zero-order valence-corrected chi connectivity index (χ0v) is 13.8. The smallest absolute Gasteiger partial charge is 0.249 e. The fourth-order valence-electron chi connectivity index (χ4n) is 2.16. The van der Waals surface area contributed by atoms with Crippen LogP contribution in [0, 0.1) is 5.92 Å². The largest absolute Gasteiger partial charge is 0.439 e. The summed E-state index contributed by atoms with van der Waals surface area (Å²) in [4.78, 5) is 16.2. The van der Waals surface area contributed by atoms with E-state index in [4.69, 9.17) is 9.47 Å². The highest BCUT2D eigenvalue weighted by atomic mass is 16.5. The molecule has 0 aliphatic heterocycles. The zero-order valence-electron chi connectivity index (χ0n) is 13.8. The van der Waals surface area contributed by atoms with E-state index in [2.05, 4.69) is 10.3 Å². The number of hydrogen-bond acceptors (Lipinski definition) is 4. The van der Waals surface area contributed by atoms with E-state index in [1.807, 2.05) is 36.4 Å². The zero-order chi connectivity index (χ0) is 16.8. The van der Waals surface area contributed by atoms with E-state index < -0.39 is 6.10 Å². The molecule has 1 fully saturated rings. The van der Waals surface area contributed by atoms with Crippen LogP contribution >= 0.6 is 0 Å². The Hall–Kier alpha value is -2.40. The first-order valence-electron chi connectivity index (χ1n) is 8.28. The van der Waals surface area contributed by atoms with Gasteiger partial charge < -0.3 is 14.8 Å². The van der Waals surface area contributed by atoms with Gasteiger partial charge in [0.15, 0.2) is 0 Å². The molecule has 0 radical (unpaired) electrons. The van der Waals surface area contributed by atoms with Gasteiger partial charge in [0.25, 0.3) is 0 Å². The van der Waals surface area contributed by atoms with Crippen molar-refractivity contribution in [3.05, 3.63) is 54.2 Å². The highest BCUT2D eigenvalue weighted by Gasteiger charge is 2.23. The summed E-state index contributed by atoms with van der Waals surface area (Å²) in [6, 6.07) is 13.2. The third kappa shape index (κ3) is 5.06. The number of para-hydroxylation sites is 1. The maximum absolute atomic E-state index is 12.0. The van der Waals surface area contributed by atoms with Crippen LogP contribution < -0.4 is 10.1 Å². The second kappa shape index (κ2) is 7.93. The first kappa shape index (κ1) is 16.5. The first-order valence-corrected chi connectivity index (χ1v) is 8.28. The average Bonchev–Trinajstić information content (AvgIpc) is 3.44. The van der Waals surface area contributed by atoms with E-state index in [9.17, 15) is 4.79 Å². The minimum absolute atomic E-state index is 0.0970. The molecule has 1 aromatic heterocycles. The maximum atomic E-state index is 12.0. The molecule has 0 unspecified atom stereocenters. The summed E-state index contributed by atoms with van der Waals surface area (Å²) in [5, 5.41) is 2.87. The molecule has 1 aliphatic rings. The molecule has 3 rings (SSSR count). The predicted molar refractivity (Wildman–Crippen MR) is 90.7 cm³/mol. The Morgan fingerprint density at radius 3 is 2.71 bits per heavy atom. The van der Waals surface area contributed by atoms with Gasteiger partial charge in [0, 0.05) is 18.8 Å². The van der Waals surface area contributed by atoms with Gasteiger partial charge in [-0.05, 0) is 43.4 Å². The summed E-state index contributed by atoms with van der Waals surface area (Å²) >= 11 is 0. The van der Waals surface area contributed by atoms with Crippen LogP contribution in [-0.4, -0.2) is 23.6 Å². The maximum Gasteiger partial charge on any atom is 0.249 e. The van der Waals surface area contributed by atoms with E-state index in [1.54, 1.807) is 19.2 Å². The number of aromatic nitrogens is 1. The highest BCUT2D eigenvalue weighted by Crippen LogP contribution is 2.29. The molecule has 1 amide bonds. The fraction of sp³-hybridized carbons (Fsp3) is 0.368. The van der Waals surface area contributed by atoms with Crippen LogP contribution in [0.15, 0.2) is 48.7 Å². The number of amides is 1. The second-order valence-corrected chi connectivity index (χ2v) is 6.06. The van der Waals surface area contributed by atoms with Crippen LogP contribution in [0.25, 0.3) is 0 Å². The van der Waals surface area contributed by atoms with E-state index in [-0.39, 0.29) is 5.91 Å². The quantitative estimate of drug-likeness (QED) is 0.808. The molecule has 1 heterocycles. The number of benzene rings is 1. The van der Waals surface area contributed by atoms with Gasteiger partial charge in [0.05, 0.1) is 6.61 Å². The summed E-state index contributed by atoms with van der Waals surface area (Å²) in [7, 11) is 0. The Bertz CT molecular complexity index is 654. The standard InChI is InChI=1S/C19H22N2O3/c1-14(23-13-15-7-8-15)19(22)21-12-16-9-10-18(20-11-16)24-17-5-3-2-4-6-17/h2-6,9-11,14-15H,7-8,12-13H2,1H3,(H,21,22)/t14-/m0/s1. The van der Waals surface area contributed by atoms with Crippen molar-refractivity contribution in [2.75, 3.05) is 6.61 Å². The molecule has 0 saturated heterocycles. The van der Waals surface area contributed by atoms with Crippen LogP contribution in [0.3, 0.4) is 0 Å². The van der Waals surface area contributed by atoms with E-state index in [0.717, 1.165) is 11.3 Å². The molecule has 5 nitrogen and oxygen atoms in total. The minimum Gasteiger partial charge on any atom is -0.439 e. The predicted octanol–water partition coefficient (Wildman–Crippen LogP) is 3.31. The normalized spacial score (nSPS) is 14.9. The van der Waals surface area contributed by atoms with Gasteiger partial charge in [-0.15, -0.1) is 0 Å². The molecule has 5 heteroatoms. The van der Waals surface area contributed by atoms with Crippen molar-refractivity contribution in [1.82, 2.24) is 10.3 Å². The summed E-state index contributed by atoms with van der Waals surface area (Å²) in [5.74, 6) is 1.83. The van der Waals surface area contributed by atoms with E-state index in [0.29, 0.717) is 24.9 Å². The van der Waals surface area contributed by atoms with Crippen molar-refractivity contribution in [2.45, 2.75) is 32.4 Å². The van der Waals surface area contributed by atoms with E-state index >= 15 is 0 Å². The van der Waals surface area contributed by atoms with E-state index in [1.165, 1.54) is 12.8 Å². The fourth-order valence-corrected chi connectivity index (χ4v) is 2.16. The third-order valence-electron chi connectivity index (χ3n) is 3.88. The molecule has 1 saturated carbocycles. The van der Waals surface area contributed by atoms with Crippen molar-refractivity contribution in [3.63, 3.8) is 0 Å². The molecule has 126 valence electrons. The minimum atomic E-state index is -0.417. The van der Waals surface area contributed by atoms with Crippen LogP contribution in [0.2, 0.25) is 0 Å². The monoisotopic (exact) mass is 326 g/mol. The van der Waals surface area contributed by atoms with Gasteiger partial charge in [-0.2, -0.15) is 0 Å². The Kier molecular flexibility index (Phi) is 5.43. The lowest BCUT2D eigenvalue weighted by Crippen LogP contribution is -2.34. The number of rotatable bonds is 8. The number of carbonyl (C=O) groups excluding carboxylic acids is 1. The molecule has 1 aromatic carbocycles. The summed E-state index contributed by atoms with van der Waals surface area (Å²) in [6.07, 6.45) is 3.72. The van der Waals surface area contributed by atoms with Crippen molar-refractivity contribution >= 4 is 5.91 Å². The van der Waals surface area contributed by atoms with Crippen molar-refractivity contribution in [2.24, 2.45) is 5.92 Å². The number of hydrogen-bond donors (Lipinski definition) is 1. The molecule has 1 atom stereocenters.